The monoisotopic (exact) mass is 305 g/mol. The van der Waals surface area contributed by atoms with Gasteiger partial charge in [-0.05, 0) is 13.3 Å². The molecule has 3 rings (SSSR count). The average molecular weight is 305 g/mol. The normalized spacial score (nSPS) is 18.1. The number of aromatic amines is 1. The van der Waals surface area contributed by atoms with E-state index in [0.29, 0.717) is 13.1 Å². The summed E-state index contributed by atoms with van der Waals surface area (Å²) in [5.74, 6) is -1.27. The zero-order chi connectivity index (χ0) is 16.0. The van der Waals surface area contributed by atoms with Crippen molar-refractivity contribution in [2.45, 2.75) is 19.4 Å². The zero-order valence-electron chi connectivity index (χ0n) is 12.0. The van der Waals surface area contributed by atoms with Crippen LogP contribution in [0.1, 0.15) is 22.3 Å². The number of primary amides is 1. The Bertz CT molecular complexity index is 832. The van der Waals surface area contributed by atoms with Gasteiger partial charge in [-0.1, -0.05) is 0 Å². The minimum absolute atomic E-state index is 0.0199. The van der Waals surface area contributed by atoms with Gasteiger partial charge >= 0.3 is 0 Å². The van der Waals surface area contributed by atoms with E-state index < -0.39 is 17.2 Å². The molecule has 3 heterocycles. The van der Waals surface area contributed by atoms with E-state index in [1.165, 1.54) is 13.1 Å². The number of fused-ring (bicyclic) bond motifs is 1. The molecule has 0 aromatic carbocycles. The number of carbonyl (C=O) groups excluding carboxylic acids is 1. The van der Waals surface area contributed by atoms with Gasteiger partial charge in [-0.15, -0.1) is 0 Å². The van der Waals surface area contributed by atoms with Gasteiger partial charge in [0.25, 0.3) is 5.91 Å². The van der Waals surface area contributed by atoms with E-state index >= 15 is 0 Å². The van der Waals surface area contributed by atoms with Crippen molar-refractivity contribution in [2.75, 3.05) is 18.0 Å². The number of aromatic nitrogens is 2. The molecule has 0 aliphatic carbocycles. The number of amides is 1. The molecule has 1 aliphatic heterocycles. The molecule has 1 aliphatic rings. The van der Waals surface area contributed by atoms with Crippen LogP contribution >= 0.6 is 0 Å². The van der Waals surface area contributed by atoms with Gasteiger partial charge in [0.2, 0.25) is 5.43 Å². The van der Waals surface area contributed by atoms with Crippen LogP contribution < -0.4 is 21.8 Å². The molecule has 8 heteroatoms. The van der Waals surface area contributed by atoms with Gasteiger partial charge in [-0.3, -0.25) is 9.59 Å². The third-order valence-electron chi connectivity index (χ3n) is 3.97. The van der Waals surface area contributed by atoms with Crippen LogP contribution in [0, 0.1) is 12.7 Å². The quantitative estimate of drug-likeness (QED) is 0.722. The van der Waals surface area contributed by atoms with Crippen molar-refractivity contribution in [3.05, 3.63) is 33.4 Å². The highest BCUT2D eigenvalue weighted by Crippen LogP contribution is 2.26. The minimum atomic E-state index is -0.863. The summed E-state index contributed by atoms with van der Waals surface area (Å²) in [6.45, 7) is 2.61. The average Bonchev–Trinajstić information content (AvgIpc) is 2.88. The lowest BCUT2D eigenvalue weighted by Gasteiger charge is -2.19. The predicted octanol–water partition coefficient (Wildman–Crippen LogP) is 0.00692. The molecule has 2 aromatic rings. The third-order valence-corrected chi connectivity index (χ3v) is 3.97. The van der Waals surface area contributed by atoms with Crippen LogP contribution in [0.15, 0.2) is 11.0 Å². The minimum Gasteiger partial charge on any atom is -0.365 e. The number of nitrogens with zero attached hydrogens (tertiary/aromatic N) is 2. The van der Waals surface area contributed by atoms with Crippen molar-refractivity contribution >= 4 is 22.8 Å². The summed E-state index contributed by atoms with van der Waals surface area (Å²) < 4.78 is 14.6. The molecule has 0 spiro atoms. The summed E-state index contributed by atoms with van der Waals surface area (Å²) in [7, 11) is 0. The van der Waals surface area contributed by atoms with Crippen molar-refractivity contribution in [2.24, 2.45) is 11.5 Å². The van der Waals surface area contributed by atoms with Gasteiger partial charge in [-0.25, -0.2) is 9.37 Å². The van der Waals surface area contributed by atoms with Crippen molar-refractivity contribution < 1.29 is 9.18 Å². The number of nitrogens with two attached hydrogens (primary N) is 2. The van der Waals surface area contributed by atoms with Crippen LogP contribution in [0.5, 0.6) is 0 Å². The molecular formula is C14H16FN5O2. The number of aryl methyl sites for hydroxylation is 1. The number of nitrogens with one attached hydrogen (secondary N) is 1. The molecule has 1 amide bonds. The Morgan fingerprint density at radius 3 is 2.86 bits per heavy atom. The molecule has 0 radical (unpaired) electrons. The van der Waals surface area contributed by atoms with Crippen molar-refractivity contribution in [1.29, 1.82) is 0 Å². The Morgan fingerprint density at radius 1 is 1.55 bits per heavy atom. The van der Waals surface area contributed by atoms with Gasteiger partial charge in [0, 0.05) is 30.9 Å². The maximum Gasteiger partial charge on any atom is 0.254 e. The van der Waals surface area contributed by atoms with Crippen LogP contribution in [0.3, 0.4) is 0 Å². The Hall–Kier alpha value is -2.48. The molecule has 0 bridgehead atoms. The molecule has 1 saturated heterocycles. The standard InChI is InChI=1S/C14H16FN5O2/c1-6-9-11(21)8(12(17)22)4-18-13(9)19-14(10(6)15)20-3-2-7(16)5-20/h4,7H,2-3,5,16H2,1H3,(H2,17,22)(H,18,19,21). The number of carbonyl (C=O) groups is 1. The fourth-order valence-electron chi connectivity index (χ4n) is 2.76. The first-order valence-electron chi connectivity index (χ1n) is 6.92. The highest BCUT2D eigenvalue weighted by molar-refractivity contribution is 5.96. The summed E-state index contributed by atoms with van der Waals surface area (Å²) >= 11 is 0. The first kappa shape index (κ1) is 14.5. The van der Waals surface area contributed by atoms with Gasteiger partial charge in [-0.2, -0.15) is 0 Å². The number of halogens is 1. The zero-order valence-corrected chi connectivity index (χ0v) is 12.0. The summed E-state index contributed by atoms with van der Waals surface area (Å²) in [5, 5.41) is 0.0426. The fourth-order valence-corrected chi connectivity index (χ4v) is 2.76. The second kappa shape index (κ2) is 5.06. The Morgan fingerprint density at radius 2 is 2.27 bits per heavy atom. The number of hydrogen-bond donors (Lipinski definition) is 3. The molecule has 0 saturated carbocycles. The van der Waals surface area contributed by atoms with Gasteiger partial charge in [0.1, 0.15) is 11.2 Å². The Balaban J connectivity index is 2.24. The lowest BCUT2D eigenvalue weighted by molar-refractivity contribution is 0.0999. The van der Waals surface area contributed by atoms with E-state index in [-0.39, 0.29) is 34.0 Å². The molecule has 116 valence electrons. The lowest BCUT2D eigenvalue weighted by atomic mass is 10.1. The van der Waals surface area contributed by atoms with Crippen LogP contribution in [0.2, 0.25) is 0 Å². The molecule has 7 nitrogen and oxygen atoms in total. The second-order valence-corrected chi connectivity index (χ2v) is 5.49. The van der Waals surface area contributed by atoms with Gasteiger partial charge < -0.3 is 21.4 Å². The molecule has 5 N–H and O–H groups in total. The van der Waals surface area contributed by atoms with Crippen molar-refractivity contribution in [3.63, 3.8) is 0 Å². The van der Waals surface area contributed by atoms with E-state index in [1.54, 1.807) is 4.90 Å². The molecule has 1 unspecified atom stereocenters. The largest absolute Gasteiger partial charge is 0.365 e. The topological polar surface area (TPSA) is 118 Å². The van der Waals surface area contributed by atoms with Gasteiger partial charge in [0.15, 0.2) is 11.6 Å². The third kappa shape index (κ3) is 2.12. The molecular weight excluding hydrogens is 289 g/mol. The first-order chi connectivity index (χ1) is 10.4. The van der Waals surface area contributed by atoms with Crippen LogP contribution in [0.4, 0.5) is 10.2 Å². The number of pyridine rings is 2. The number of hydrogen-bond acceptors (Lipinski definition) is 5. The summed E-state index contributed by atoms with van der Waals surface area (Å²) in [6.07, 6.45) is 1.96. The van der Waals surface area contributed by atoms with E-state index in [2.05, 4.69) is 9.97 Å². The lowest BCUT2D eigenvalue weighted by Crippen LogP contribution is -2.28. The highest BCUT2D eigenvalue weighted by Gasteiger charge is 2.26. The number of rotatable bonds is 2. The van der Waals surface area contributed by atoms with Crippen LogP contribution in [-0.4, -0.2) is 35.0 Å². The smallest absolute Gasteiger partial charge is 0.254 e. The fraction of sp³-hybridized carbons (Fsp3) is 0.357. The molecule has 1 atom stereocenters. The maximum atomic E-state index is 14.6. The summed E-state index contributed by atoms with van der Waals surface area (Å²) in [5.41, 5.74) is 10.5. The van der Waals surface area contributed by atoms with E-state index in [4.69, 9.17) is 11.5 Å². The van der Waals surface area contributed by atoms with Crippen molar-refractivity contribution in [3.8, 4) is 0 Å². The van der Waals surface area contributed by atoms with Crippen molar-refractivity contribution in [1.82, 2.24) is 9.97 Å². The molecule has 2 aromatic heterocycles. The highest BCUT2D eigenvalue weighted by atomic mass is 19.1. The van der Waals surface area contributed by atoms with E-state index in [1.807, 2.05) is 0 Å². The second-order valence-electron chi connectivity index (χ2n) is 5.49. The van der Waals surface area contributed by atoms with Crippen LogP contribution in [0.25, 0.3) is 11.0 Å². The first-order valence-corrected chi connectivity index (χ1v) is 6.92. The summed E-state index contributed by atoms with van der Waals surface area (Å²) in [6, 6.07) is -0.0199. The number of anilines is 1. The van der Waals surface area contributed by atoms with Gasteiger partial charge in [0.05, 0.1) is 5.39 Å². The van der Waals surface area contributed by atoms with E-state index in [0.717, 1.165) is 6.42 Å². The Labute approximate surface area is 125 Å². The van der Waals surface area contributed by atoms with E-state index in [9.17, 15) is 14.0 Å². The SMILES string of the molecule is Cc1c(F)c(N2CCC(N)C2)nc2[nH]cc(C(N)=O)c(=O)c12. The number of H-pyrrole nitrogens is 1. The van der Waals surface area contributed by atoms with Crippen LogP contribution in [-0.2, 0) is 0 Å². The summed E-state index contributed by atoms with van der Waals surface area (Å²) in [4.78, 5) is 32.2. The predicted molar refractivity (Wildman–Crippen MR) is 80.4 cm³/mol. The Kier molecular flexibility index (Phi) is 3.32. The maximum absolute atomic E-state index is 14.6. The molecule has 1 fully saturated rings. The molecule has 22 heavy (non-hydrogen) atoms.